The van der Waals surface area contributed by atoms with Gasteiger partial charge in [-0.3, -0.25) is 0 Å². The van der Waals surface area contributed by atoms with Crippen molar-refractivity contribution in [3.8, 4) is 0 Å². The van der Waals surface area contributed by atoms with E-state index in [1.54, 1.807) is 0 Å². The maximum Gasteiger partial charge on any atom is 0.438 e. The fourth-order valence-corrected chi connectivity index (χ4v) is 1.99. The molecule has 1 atom stereocenters. The Morgan fingerprint density at radius 1 is 1.35 bits per heavy atom. The van der Waals surface area contributed by atoms with Crippen LogP contribution in [0.25, 0.3) is 0 Å². The van der Waals surface area contributed by atoms with E-state index in [1.807, 2.05) is 0 Å². The first-order valence-corrected chi connectivity index (χ1v) is 5.78. The van der Waals surface area contributed by atoms with Crippen LogP contribution in [0.15, 0.2) is 29.4 Å². The predicted octanol–water partition coefficient (Wildman–Crippen LogP) is 1.73. The van der Waals surface area contributed by atoms with Crippen molar-refractivity contribution in [3.05, 3.63) is 35.6 Å². The topological polar surface area (TPSA) is 61.8 Å². The summed E-state index contributed by atoms with van der Waals surface area (Å²) in [5.74, 6) is -0.537. The van der Waals surface area contributed by atoms with Crippen molar-refractivity contribution in [2.75, 3.05) is 0 Å². The summed E-state index contributed by atoms with van der Waals surface area (Å²) in [6.45, 7) is 0. The zero-order valence-corrected chi connectivity index (χ0v) is 10.7. The van der Waals surface area contributed by atoms with Crippen molar-refractivity contribution < 1.29 is 22.7 Å². The Labute approximate surface area is 116 Å². The highest BCUT2D eigenvalue weighted by Gasteiger charge is 2.62. The minimum absolute atomic E-state index is 0.0855. The molecule has 0 aromatic heterocycles. The van der Waals surface area contributed by atoms with E-state index in [-0.39, 0.29) is 16.3 Å². The van der Waals surface area contributed by atoms with E-state index < -0.39 is 29.3 Å². The third kappa shape index (κ3) is 2.34. The van der Waals surface area contributed by atoms with Gasteiger partial charge in [-0.25, -0.2) is 4.39 Å². The molecule has 9 heteroatoms. The maximum atomic E-state index is 13.0. The van der Waals surface area contributed by atoms with E-state index in [0.717, 1.165) is 12.1 Å². The third-order valence-electron chi connectivity index (χ3n) is 2.83. The van der Waals surface area contributed by atoms with E-state index in [4.69, 9.17) is 5.73 Å². The lowest BCUT2D eigenvalue weighted by molar-refractivity contribution is -0.294. The summed E-state index contributed by atoms with van der Waals surface area (Å²) in [7, 11) is 0. The summed E-state index contributed by atoms with van der Waals surface area (Å²) in [5, 5.41) is 12.8. The number of benzene rings is 1. The first-order valence-electron chi connectivity index (χ1n) is 5.37. The molecule has 0 radical (unpaired) electrons. The van der Waals surface area contributed by atoms with Crippen LogP contribution in [0.4, 0.5) is 17.6 Å². The molecule has 0 spiro atoms. The van der Waals surface area contributed by atoms with Crippen molar-refractivity contribution in [1.29, 1.82) is 0 Å². The number of halogens is 4. The zero-order chi connectivity index (χ0) is 15.1. The van der Waals surface area contributed by atoms with Gasteiger partial charge in [0.2, 0.25) is 0 Å². The summed E-state index contributed by atoms with van der Waals surface area (Å²) < 4.78 is 51.7. The van der Waals surface area contributed by atoms with Gasteiger partial charge in [0.1, 0.15) is 5.82 Å². The smallest absolute Gasteiger partial charge is 0.375 e. The molecule has 0 aliphatic carbocycles. The fourth-order valence-electron chi connectivity index (χ4n) is 1.80. The molecule has 3 N–H and O–H groups in total. The van der Waals surface area contributed by atoms with Crippen molar-refractivity contribution >= 4 is 23.0 Å². The second-order valence-electron chi connectivity index (χ2n) is 4.19. The summed E-state index contributed by atoms with van der Waals surface area (Å²) in [6, 6.07) is 4.67. The number of hydrogen-bond donors (Lipinski definition) is 2. The molecule has 1 aromatic carbocycles. The van der Waals surface area contributed by atoms with E-state index in [9.17, 15) is 22.7 Å². The molecule has 108 valence electrons. The monoisotopic (exact) mass is 307 g/mol. The van der Waals surface area contributed by atoms with Crippen molar-refractivity contribution in [1.82, 2.24) is 5.01 Å². The molecule has 1 aliphatic rings. The second-order valence-corrected chi connectivity index (χ2v) is 4.61. The molecule has 0 fully saturated rings. The summed E-state index contributed by atoms with van der Waals surface area (Å²) in [5.41, 5.74) is 2.03. The van der Waals surface area contributed by atoms with Gasteiger partial charge in [0.25, 0.3) is 5.72 Å². The van der Waals surface area contributed by atoms with Gasteiger partial charge in [0.15, 0.2) is 5.11 Å². The molecule has 4 nitrogen and oxygen atoms in total. The number of rotatable bonds is 1. The van der Waals surface area contributed by atoms with Crippen molar-refractivity contribution in [3.63, 3.8) is 0 Å². The minimum Gasteiger partial charge on any atom is -0.375 e. The number of hydrazone groups is 1. The quantitative estimate of drug-likeness (QED) is 0.613. The minimum atomic E-state index is -5.00. The van der Waals surface area contributed by atoms with Gasteiger partial charge in [-0.1, -0.05) is 12.1 Å². The summed E-state index contributed by atoms with van der Waals surface area (Å²) in [6.07, 6.45) is -5.85. The number of nitrogens with two attached hydrogens (primary N) is 1. The summed E-state index contributed by atoms with van der Waals surface area (Å²) in [4.78, 5) is 0. The molecule has 2 rings (SSSR count). The van der Waals surface area contributed by atoms with Gasteiger partial charge in [-0.2, -0.15) is 23.3 Å². The largest absolute Gasteiger partial charge is 0.438 e. The molecule has 0 bridgehead atoms. The molecule has 1 aliphatic heterocycles. The normalized spacial score (nSPS) is 22.9. The SMILES string of the molecule is NC(=S)N1N=C(c2ccc(F)cc2)C[C@@]1(O)C(F)(F)F. The highest BCUT2D eigenvalue weighted by molar-refractivity contribution is 7.80. The van der Waals surface area contributed by atoms with Gasteiger partial charge >= 0.3 is 6.18 Å². The average molecular weight is 307 g/mol. The Hall–Kier alpha value is -1.74. The van der Waals surface area contributed by atoms with Gasteiger partial charge in [0, 0.05) is 0 Å². The third-order valence-corrected chi connectivity index (χ3v) is 3.00. The standard InChI is InChI=1S/C11H9F4N3OS/c12-7-3-1-6(2-4-7)8-5-10(19,11(13,14)15)18(17-8)9(16)20/h1-4,19H,5H2,(H2,16,20)/t10-/m1/s1. The van der Waals surface area contributed by atoms with Crippen LogP contribution < -0.4 is 5.73 Å². The van der Waals surface area contributed by atoms with Gasteiger partial charge < -0.3 is 10.8 Å². The first kappa shape index (κ1) is 14.7. The van der Waals surface area contributed by atoms with Crippen LogP contribution in [0, 0.1) is 5.82 Å². The zero-order valence-electron chi connectivity index (χ0n) is 9.86. The van der Waals surface area contributed by atoms with E-state index in [0.29, 0.717) is 0 Å². The van der Waals surface area contributed by atoms with Crippen LogP contribution in [0.5, 0.6) is 0 Å². The van der Waals surface area contributed by atoms with Crippen LogP contribution in [0.3, 0.4) is 0 Å². The molecular formula is C11H9F4N3OS. The molecule has 0 unspecified atom stereocenters. The van der Waals surface area contributed by atoms with Gasteiger partial charge in [-0.15, -0.1) is 0 Å². The number of aliphatic hydroxyl groups is 1. The van der Waals surface area contributed by atoms with Crippen LogP contribution in [0.1, 0.15) is 12.0 Å². The molecule has 0 saturated heterocycles. The lowest BCUT2D eigenvalue weighted by atomic mass is 10.0. The van der Waals surface area contributed by atoms with E-state index in [1.165, 1.54) is 12.1 Å². The number of thiocarbonyl (C=S) groups is 1. The lowest BCUT2D eigenvalue weighted by Gasteiger charge is -2.32. The molecule has 1 heterocycles. The number of nitrogens with zero attached hydrogens (tertiary/aromatic N) is 2. The van der Waals surface area contributed by atoms with Crippen molar-refractivity contribution in [2.45, 2.75) is 18.3 Å². The Kier molecular flexibility index (Phi) is 3.42. The van der Waals surface area contributed by atoms with E-state index in [2.05, 4.69) is 17.3 Å². The lowest BCUT2D eigenvalue weighted by Crippen LogP contribution is -2.57. The highest BCUT2D eigenvalue weighted by atomic mass is 32.1. The molecule has 0 amide bonds. The van der Waals surface area contributed by atoms with Crippen LogP contribution in [0.2, 0.25) is 0 Å². The van der Waals surface area contributed by atoms with Gasteiger partial charge in [-0.05, 0) is 29.9 Å². The second kappa shape index (κ2) is 4.67. The number of alkyl halides is 3. The Morgan fingerprint density at radius 2 is 1.90 bits per heavy atom. The molecule has 1 aromatic rings. The van der Waals surface area contributed by atoms with Crippen LogP contribution >= 0.6 is 12.2 Å². The van der Waals surface area contributed by atoms with E-state index >= 15 is 0 Å². The first-order chi connectivity index (χ1) is 9.15. The highest BCUT2D eigenvalue weighted by Crippen LogP contribution is 2.41. The Bertz CT molecular complexity index is 572. The molecular weight excluding hydrogens is 298 g/mol. The van der Waals surface area contributed by atoms with Crippen LogP contribution in [-0.4, -0.2) is 32.8 Å². The predicted molar refractivity (Wildman–Crippen MR) is 67.2 cm³/mol. The molecule has 20 heavy (non-hydrogen) atoms. The summed E-state index contributed by atoms with van der Waals surface area (Å²) >= 11 is 4.47. The number of hydrogen-bond acceptors (Lipinski definition) is 3. The average Bonchev–Trinajstić information content (AvgIpc) is 2.69. The Balaban J connectivity index is 2.42. The van der Waals surface area contributed by atoms with Crippen LogP contribution in [-0.2, 0) is 0 Å². The maximum absolute atomic E-state index is 13.0. The van der Waals surface area contributed by atoms with Gasteiger partial charge in [0.05, 0.1) is 12.1 Å². The van der Waals surface area contributed by atoms with Crippen molar-refractivity contribution in [2.24, 2.45) is 10.8 Å². The fraction of sp³-hybridized carbons (Fsp3) is 0.273. The Morgan fingerprint density at radius 3 is 2.30 bits per heavy atom. The molecule has 0 saturated carbocycles.